The molecule has 3 aromatic carbocycles. The molecule has 1 amide bonds. The average molecular weight is 534 g/mol. The molecular formula is C29H28ClN3O5. The van der Waals surface area contributed by atoms with Gasteiger partial charge >= 0.3 is 12.1 Å². The van der Waals surface area contributed by atoms with Crippen LogP contribution in [0.25, 0.3) is 11.3 Å². The number of aromatic nitrogens is 1. The first kappa shape index (κ1) is 26.9. The van der Waals surface area contributed by atoms with Gasteiger partial charge in [0.15, 0.2) is 5.76 Å². The van der Waals surface area contributed by atoms with Crippen molar-refractivity contribution in [2.75, 3.05) is 5.32 Å². The highest BCUT2D eigenvalue weighted by Crippen LogP contribution is 2.32. The summed E-state index contributed by atoms with van der Waals surface area (Å²) < 4.78 is 11.0. The van der Waals surface area contributed by atoms with E-state index in [9.17, 15) is 14.7 Å². The van der Waals surface area contributed by atoms with Crippen molar-refractivity contribution in [3.63, 3.8) is 0 Å². The van der Waals surface area contributed by atoms with Crippen LogP contribution < -0.4 is 10.6 Å². The lowest BCUT2D eigenvalue weighted by Crippen LogP contribution is -2.38. The SMILES string of the molecule is Cc1noc(-c2ccc(CN[C@H](Cc3ccccc3)C(=O)O)cc2)c1NC(=O)O[C@H](C)c1ccccc1Cl. The number of hydrogen-bond donors (Lipinski definition) is 3. The molecule has 0 aliphatic rings. The molecule has 196 valence electrons. The standard InChI is InChI=1S/C29H28ClN3O5/c1-18-26(32-29(36)37-19(2)23-10-6-7-11-24(23)30)27(38-33-18)22-14-12-21(13-15-22)17-31-25(28(34)35)16-20-8-4-3-5-9-20/h3-15,19,25,31H,16-17H2,1-2H3,(H,32,36)(H,34,35)/t19-,25-/m1/s1. The Morgan fingerprint density at radius 1 is 1.00 bits per heavy atom. The lowest BCUT2D eigenvalue weighted by atomic mass is 10.0. The topological polar surface area (TPSA) is 114 Å². The minimum Gasteiger partial charge on any atom is -0.480 e. The van der Waals surface area contributed by atoms with E-state index in [0.717, 1.165) is 11.1 Å². The van der Waals surface area contributed by atoms with Crippen molar-refractivity contribution in [1.29, 1.82) is 0 Å². The Balaban J connectivity index is 1.40. The quantitative estimate of drug-likeness (QED) is 0.216. The molecule has 0 aliphatic heterocycles. The van der Waals surface area contributed by atoms with Gasteiger partial charge < -0.3 is 19.7 Å². The van der Waals surface area contributed by atoms with Gasteiger partial charge in [-0.15, -0.1) is 0 Å². The van der Waals surface area contributed by atoms with E-state index in [2.05, 4.69) is 15.8 Å². The third kappa shape index (κ3) is 6.79. The van der Waals surface area contributed by atoms with Gasteiger partial charge in [-0.25, -0.2) is 4.79 Å². The maximum Gasteiger partial charge on any atom is 0.412 e. The van der Waals surface area contributed by atoms with Gasteiger partial charge in [0.1, 0.15) is 23.5 Å². The Morgan fingerprint density at radius 3 is 2.37 bits per heavy atom. The molecule has 38 heavy (non-hydrogen) atoms. The number of rotatable bonds is 10. The number of ether oxygens (including phenoxy) is 1. The number of carboxylic acids is 1. The number of nitrogens with zero attached hydrogens (tertiary/aromatic N) is 1. The molecule has 0 unspecified atom stereocenters. The summed E-state index contributed by atoms with van der Waals surface area (Å²) in [5.41, 5.74) is 4.14. The monoisotopic (exact) mass is 533 g/mol. The molecular weight excluding hydrogens is 506 g/mol. The minimum atomic E-state index is -0.908. The van der Waals surface area contributed by atoms with Gasteiger partial charge in [-0.05, 0) is 37.5 Å². The van der Waals surface area contributed by atoms with Gasteiger partial charge in [0, 0.05) is 22.7 Å². The molecule has 9 heteroatoms. The van der Waals surface area contributed by atoms with Crippen LogP contribution in [0, 0.1) is 6.92 Å². The van der Waals surface area contributed by atoms with Crippen molar-refractivity contribution in [3.8, 4) is 11.3 Å². The summed E-state index contributed by atoms with van der Waals surface area (Å²) in [6.45, 7) is 3.83. The van der Waals surface area contributed by atoms with Crippen molar-refractivity contribution in [2.45, 2.75) is 39.0 Å². The molecule has 2 atom stereocenters. The predicted octanol–water partition coefficient (Wildman–Crippen LogP) is 6.40. The number of aryl methyl sites for hydroxylation is 1. The Hall–Kier alpha value is -4.14. The number of anilines is 1. The second-order valence-corrected chi connectivity index (χ2v) is 9.23. The Labute approximate surface area is 225 Å². The van der Waals surface area contributed by atoms with Crippen molar-refractivity contribution in [3.05, 3.63) is 106 Å². The molecule has 4 aromatic rings. The number of carbonyl (C=O) groups is 2. The summed E-state index contributed by atoms with van der Waals surface area (Å²) in [4.78, 5) is 24.4. The van der Waals surface area contributed by atoms with Gasteiger partial charge in [-0.1, -0.05) is 89.6 Å². The van der Waals surface area contributed by atoms with E-state index in [0.29, 0.717) is 46.3 Å². The van der Waals surface area contributed by atoms with Gasteiger partial charge in [0.2, 0.25) is 0 Å². The van der Waals surface area contributed by atoms with E-state index >= 15 is 0 Å². The summed E-state index contributed by atoms with van der Waals surface area (Å²) >= 11 is 6.21. The zero-order valence-electron chi connectivity index (χ0n) is 21.0. The molecule has 0 radical (unpaired) electrons. The molecule has 0 saturated carbocycles. The predicted molar refractivity (Wildman–Crippen MR) is 145 cm³/mol. The maximum absolute atomic E-state index is 12.6. The van der Waals surface area contributed by atoms with Crippen LogP contribution in [0.1, 0.15) is 35.4 Å². The third-order valence-electron chi connectivity index (χ3n) is 6.07. The highest BCUT2D eigenvalue weighted by Gasteiger charge is 2.21. The molecule has 0 aliphatic carbocycles. The van der Waals surface area contributed by atoms with E-state index in [1.165, 1.54) is 0 Å². The van der Waals surface area contributed by atoms with Crippen molar-refractivity contribution in [1.82, 2.24) is 10.5 Å². The number of carboxylic acid groups (broad SMARTS) is 1. The highest BCUT2D eigenvalue weighted by molar-refractivity contribution is 6.31. The molecule has 4 rings (SSSR count). The van der Waals surface area contributed by atoms with Crippen LogP contribution in [0.5, 0.6) is 0 Å². The van der Waals surface area contributed by atoms with E-state index in [1.807, 2.05) is 66.7 Å². The smallest absolute Gasteiger partial charge is 0.412 e. The van der Waals surface area contributed by atoms with Crippen molar-refractivity contribution >= 4 is 29.4 Å². The number of hydrogen-bond acceptors (Lipinski definition) is 6. The number of benzene rings is 3. The fourth-order valence-electron chi connectivity index (χ4n) is 3.99. The van der Waals surface area contributed by atoms with Crippen molar-refractivity contribution in [2.24, 2.45) is 0 Å². The Kier molecular flexibility index (Phi) is 8.78. The fourth-order valence-corrected chi connectivity index (χ4v) is 4.28. The Morgan fingerprint density at radius 2 is 1.68 bits per heavy atom. The normalized spacial score (nSPS) is 12.5. The lowest BCUT2D eigenvalue weighted by Gasteiger charge is -2.16. The first-order valence-electron chi connectivity index (χ1n) is 12.1. The Bertz CT molecular complexity index is 1390. The summed E-state index contributed by atoms with van der Waals surface area (Å²) in [5.74, 6) is -0.522. The fraction of sp³-hybridized carbons (Fsp3) is 0.207. The summed E-state index contributed by atoms with van der Waals surface area (Å²) in [7, 11) is 0. The summed E-state index contributed by atoms with van der Waals surface area (Å²) in [6, 6.07) is 23.3. The maximum atomic E-state index is 12.6. The minimum absolute atomic E-state index is 0.372. The van der Waals surface area contributed by atoms with Gasteiger partial charge in [0.25, 0.3) is 0 Å². The molecule has 0 fully saturated rings. The zero-order chi connectivity index (χ0) is 27.1. The first-order chi connectivity index (χ1) is 18.3. The van der Waals surface area contributed by atoms with E-state index in [1.54, 1.807) is 26.0 Å². The second kappa shape index (κ2) is 12.4. The van der Waals surface area contributed by atoms with Crippen LogP contribution >= 0.6 is 11.6 Å². The molecule has 8 nitrogen and oxygen atoms in total. The summed E-state index contributed by atoms with van der Waals surface area (Å²) in [6.07, 6.45) is -0.842. The van der Waals surface area contributed by atoms with E-state index in [4.69, 9.17) is 20.9 Å². The number of amides is 1. The average Bonchev–Trinajstić information content (AvgIpc) is 3.27. The van der Waals surface area contributed by atoms with Crippen LogP contribution in [0.15, 0.2) is 83.4 Å². The molecule has 1 heterocycles. The number of nitrogens with one attached hydrogen (secondary N) is 2. The third-order valence-corrected chi connectivity index (χ3v) is 6.41. The van der Waals surface area contributed by atoms with Gasteiger partial charge in [0.05, 0.1) is 0 Å². The van der Waals surface area contributed by atoms with Crippen LogP contribution in [-0.2, 0) is 22.5 Å². The van der Waals surface area contributed by atoms with Crippen LogP contribution in [0.2, 0.25) is 5.02 Å². The van der Waals surface area contributed by atoms with Crippen LogP contribution in [-0.4, -0.2) is 28.4 Å². The first-order valence-corrected chi connectivity index (χ1v) is 12.5. The molecule has 3 N–H and O–H groups in total. The number of aliphatic carboxylic acids is 1. The molecule has 0 spiro atoms. The van der Waals surface area contributed by atoms with Crippen LogP contribution in [0.3, 0.4) is 0 Å². The van der Waals surface area contributed by atoms with Crippen LogP contribution in [0.4, 0.5) is 10.5 Å². The highest BCUT2D eigenvalue weighted by atomic mass is 35.5. The largest absolute Gasteiger partial charge is 0.480 e. The van der Waals surface area contributed by atoms with E-state index < -0.39 is 24.2 Å². The van der Waals surface area contributed by atoms with Gasteiger partial charge in [-0.3, -0.25) is 10.1 Å². The second-order valence-electron chi connectivity index (χ2n) is 8.82. The summed E-state index contributed by atoms with van der Waals surface area (Å²) in [5, 5.41) is 19.9. The number of halogens is 1. The molecule has 1 aromatic heterocycles. The van der Waals surface area contributed by atoms with Gasteiger partial charge in [-0.2, -0.15) is 0 Å². The zero-order valence-corrected chi connectivity index (χ0v) is 21.7. The number of carbonyl (C=O) groups excluding carboxylic acids is 1. The van der Waals surface area contributed by atoms with E-state index in [-0.39, 0.29) is 0 Å². The molecule has 0 bridgehead atoms. The molecule has 0 saturated heterocycles. The lowest BCUT2D eigenvalue weighted by molar-refractivity contribution is -0.139. The van der Waals surface area contributed by atoms with Crippen molar-refractivity contribution < 1.29 is 24.0 Å².